The van der Waals surface area contributed by atoms with Crippen molar-refractivity contribution in [3.63, 3.8) is 0 Å². The molecule has 1 saturated heterocycles. The number of ketones is 1. The zero-order valence-electron chi connectivity index (χ0n) is 12.3. The van der Waals surface area contributed by atoms with Crippen LogP contribution in [0.15, 0.2) is 35.7 Å². The van der Waals surface area contributed by atoms with Crippen molar-refractivity contribution in [2.75, 3.05) is 20.2 Å². The highest BCUT2D eigenvalue weighted by molar-refractivity contribution is 6.09. The van der Waals surface area contributed by atoms with Gasteiger partial charge in [0.05, 0.1) is 7.11 Å². The van der Waals surface area contributed by atoms with E-state index in [0.29, 0.717) is 18.4 Å². The maximum absolute atomic E-state index is 12.7. The lowest BCUT2D eigenvalue weighted by molar-refractivity contribution is -0.0788. The molecular formula is C16H20N2O3. The molecule has 0 aliphatic carbocycles. The molecule has 0 spiro atoms. The number of carbonyl (C=O) groups is 1. The maximum atomic E-state index is 12.7. The largest absolute Gasteiger partial charge is 0.497 e. The number of benzene rings is 1. The van der Waals surface area contributed by atoms with Crippen molar-refractivity contribution < 1.29 is 14.6 Å². The Balaban J connectivity index is 1.93. The molecule has 2 heterocycles. The molecule has 1 atom stereocenters. The van der Waals surface area contributed by atoms with Gasteiger partial charge in [0.25, 0.3) is 0 Å². The number of hydrogen-bond acceptors (Lipinski definition) is 5. The van der Waals surface area contributed by atoms with Gasteiger partial charge >= 0.3 is 0 Å². The third-order valence-electron chi connectivity index (χ3n) is 4.24. The van der Waals surface area contributed by atoms with Gasteiger partial charge in [-0.05, 0) is 44.0 Å². The summed E-state index contributed by atoms with van der Waals surface area (Å²) in [6, 6.07) is 7.14. The number of nitrogens with zero attached hydrogens (tertiary/aromatic N) is 1. The van der Waals surface area contributed by atoms with Crippen LogP contribution in [0.3, 0.4) is 0 Å². The Kier molecular flexibility index (Phi) is 3.37. The zero-order chi connectivity index (χ0) is 15.0. The lowest BCUT2D eigenvalue weighted by Crippen LogP contribution is -2.47. The summed E-state index contributed by atoms with van der Waals surface area (Å²) < 4.78 is 5.11. The van der Waals surface area contributed by atoms with Gasteiger partial charge in [-0.2, -0.15) is 0 Å². The molecule has 0 bridgehead atoms. The first kappa shape index (κ1) is 13.9. The monoisotopic (exact) mass is 288 g/mol. The molecule has 1 aromatic rings. The summed E-state index contributed by atoms with van der Waals surface area (Å²) in [7, 11) is 1.60. The molecule has 21 heavy (non-hydrogen) atoms. The molecule has 0 radical (unpaired) electrons. The number of allylic oxidation sites excluding steroid dienone is 1. The number of carbonyl (C=O) groups excluding carboxylic acids is 1. The summed E-state index contributed by atoms with van der Waals surface area (Å²) in [6.07, 6.45) is 1.14. The zero-order valence-corrected chi connectivity index (χ0v) is 12.3. The van der Waals surface area contributed by atoms with Gasteiger partial charge in [0.2, 0.25) is 0 Å². The standard InChI is InChI=1S/C16H20N2O3/c1-16(20)8-7-13(15-17-9-10-18(15)16)14(19)11-3-5-12(21-2)6-4-11/h3-6,17,20H,7-10H2,1-2H3/t16-/m1/s1. The van der Waals surface area contributed by atoms with Crippen molar-refractivity contribution in [1.82, 2.24) is 10.2 Å². The summed E-state index contributed by atoms with van der Waals surface area (Å²) in [5.41, 5.74) is 0.528. The average molecular weight is 288 g/mol. The van der Waals surface area contributed by atoms with Crippen LogP contribution in [0.2, 0.25) is 0 Å². The number of aliphatic hydroxyl groups is 1. The number of ether oxygens (including phenoxy) is 1. The normalized spacial score (nSPS) is 24.6. The minimum atomic E-state index is -0.872. The summed E-state index contributed by atoms with van der Waals surface area (Å²) in [5.74, 6) is 1.53. The number of hydrogen-bond donors (Lipinski definition) is 2. The van der Waals surface area contributed by atoms with Crippen LogP contribution in [0.4, 0.5) is 0 Å². The Morgan fingerprint density at radius 2 is 2.10 bits per heavy atom. The molecular weight excluding hydrogens is 268 g/mol. The van der Waals surface area contributed by atoms with Crippen LogP contribution in [-0.4, -0.2) is 41.7 Å². The van der Waals surface area contributed by atoms with Gasteiger partial charge in [0, 0.05) is 24.2 Å². The second-order valence-electron chi connectivity index (χ2n) is 5.68. The average Bonchev–Trinajstić information content (AvgIpc) is 2.98. The van der Waals surface area contributed by atoms with Crippen LogP contribution >= 0.6 is 0 Å². The first-order chi connectivity index (χ1) is 10.0. The molecule has 0 aromatic heterocycles. The lowest BCUT2D eigenvalue weighted by atomic mass is 9.92. The minimum Gasteiger partial charge on any atom is -0.497 e. The van der Waals surface area contributed by atoms with Crippen molar-refractivity contribution in [1.29, 1.82) is 0 Å². The summed E-state index contributed by atoms with van der Waals surface area (Å²) >= 11 is 0. The Bertz CT molecular complexity index is 590. The molecule has 5 heteroatoms. The molecule has 0 amide bonds. The van der Waals surface area contributed by atoms with Gasteiger partial charge < -0.3 is 20.1 Å². The highest BCUT2D eigenvalue weighted by Gasteiger charge is 2.40. The van der Waals surface area contributed by atoms with Crippen LogP contribution in [0.1, 0.15) is 30.1 Å². The van der Waals surface area contributed by atoms with Crippen molar-refractivity contribution in [3.8, 4) is 5.75 Å². The van der Waals surface area contributed by atoms with E-state index < -0.39 is 5.72 Å². The molecule has 1 aromatic carbocycles. The van der Waals surface area contributed by atoms with Crippen LogP contribution in [0, 0.1) is 0 Å². The van der Waals surface area contributed by atoms with Gasteiger partial charge in [0.15, 0.2) is 5.78 Å². The molecule has 1 fully saturated rings. The van der Waals surface area contributed by atoms with Crippen LogP contribution < -0.4 is 10.1 Å². The summed E-state index contributed by atoms with van der Waals surface area (Å²) in [4.78, 5) is 14.6. The van der Waals surface area contributed by atoms with Gasteiger partial charge in [0.1, 0.15) is 17.3 Å². The number of methoxy groups -OCH3 is 1. The van der Waals surface area contributed by atoms with E-state index in [4.69, 9.17) is 4.74 Å². The molecule has 2 N–H and O–H groups in total. The molecule has 3 rings (SSSR count). The Morgan fingerprint density at radius 3 is 2.76 bits per heavy atom. The van der Waals surface area contributed by atoms with Crippen LogP contribution in [0.5, 0.6) is 5.75 Å². The van der Waals surface area contributed by atoms with Crippen molar-refractivity contribution >= 4 is 5.78 Å². The van der Waals surface area contributed by atoms with Gasteiger partial charge in [-0.3, -0.25) is 4.79 Å². The van der Waals surface area contributed by atoms with Gasteiger partial charge in [-0.25, -0.2) is 0 Å². The third-order valence-corrected chi connectivity index (χ3v) is 4.24. The molecule has 2 aliphatic heterocycles. The van der Waals surface area contributed by atoms with E-state index in [0.717, 1.165) is 30.2 Å². The minimum absolute atomic E-state index is 0.0163. The highest BCUT2D eigenvalue weighted by atomic mass is 16.5. The van der Waals surface area contributed by atoms with E-state index in [1.54, 1.807) is 38.3 Å². The van der Waals surface area contributed by atoms with Crippen molar-refractivity contribution in [3.05, 3.63) is 41.2 Å². The number of nitrogens with one attached hydrogen (secondary N) is 1. The summed E-state index contributed by atoms with van der Waals surface area (Å²) in [5, 5.41) is 13.6. The van der Waals surface area contributed by atoms with Crippen molar-refractivity contribution in [2.45, 2.75) is 25.5 Å². The van der Waals surface area contributed by atoms with Gasteiger partial charge in [-0.1, -0.05) is 0 Å². The topological polar surface area (TPSA) is 61.8 Å². The van der Waals surface area contributed by atoms with E-state index >= 15 is 0 Å². The fourth-order valence-electron chi connectivity index (χ4n) is 3.00. The number of Topliss-reactive ketones (excluding diaryl/α,β-unsaturated/α-hetero) is 1. The van der Waals surface area contributed by atoms with Crippen LogP contribution in [0.25, 0.3) is 0 Å². The fraction of sp³-hybridized carbons (Fsp3) is 0.438. The highest BCUT2D eigenvalue weighted by Crippen LogP contribution is 2.35. The first-order valence-corrected chi connectivity index (χ1v) is 7.19. The lowest BCUT2D eigenvalue weighted by Gasteiger charge is -2.40. The Hall–Kier alpha value is -2.01. The van der Waals surface area contributed by atoms with Gasteiger partial charge in [-0.15, -0.1) is 0 Å². The third kappa shape index (κ3) is 2.38. The molecule has 2 aliphatic rings. The second-order valence-corrected chi connectivity index (χ2v) is 5.68. The quantitative estimate of drug-likeness (QED) is 0.825. The molecule has 5 nitrogen and oxygen atoms in total. The van der Waals surface area contributed by atoms with E-state index in [1.807, 2.05) is 4.90 Å². The predicted octanol–water partition coefficient (Wildman–Crippen LogP) is 1.50. The molecule has 0 saturated carbocycles. The predicted molar refractivity (Wildman–Crippen MR) is 78.9 cm³/mol. The first-order valence-electron chi connectivity index (χ1n) is 7.19. The fourth-order valence-corrected chi connectivity index (χ4v) is 3.00. The van der Waals surface area contributed by atoms with E-state index in [1.165, 1.54) is 0 Å². The SMILES string of the molecule is COc1ccc(C(=O)C2=C3NCCN3[C@](C)(O)CC2)cc1. The van der Waals surface area contributed by atoms with Crippen molar-refractivity contribution in [2.24, 2.45) is 0 Å². The van der Waals surface area contributed by atoms with Crippen LogP contribution in [-0.2, 0) is 0 Å². The second kappa shape index (κ2) is 5.07. The smallest absolute Gasteiger partial charge is 0.192 e. The maximum Gasteiger partial charge on any atom is 0.192 e. The number of fused-ring (bicyclic) bond motifs is 1. The number of rotatable bonds is 3. The van der Waals surface area contributed by atoms with E-state index in [-0.39, 0.29) is 5.78 Å². The Morgan fingerprint density at radius 1 is 1.38 bits per heavy atom. The molecule has 112 valence electrons. The van der Waals surface area contributed by atoms with E-state index in [2.05, 4.69) is 5.32 Å². The van der Waals surface area contributed by atoms with E-state index in [9.17, 15) is 9.90 Å². The Labute approximate surface area is 124 Å². The molecule has 0 unspecified atom stereocenters. The summed E-state index contributed by atoms with van der Waals surface area (Å²) in [6.45, 7) is 3.28.